The Bertz CT molecular complexity index is 1010. The first-order valence-corrected chi connectivity index (χ1v) is 9.14. The molecule has 6 heteroatoms. The fourth-order valence-corrected chi connectivity index (χ4v) is 2.99. The predicted molar refractivity (Wildman–Crippen MR) is 109 cm³/mol. The second-order valence-electron chi connectivity index (χ2n) is 6.66. The molecule has 4 rings (SSSR count). The molecule has 0 bridgehead atoms. The molecule has 0 aliphatic heterocycles. The van der Waals surface area contributed by atoms with Gasteiger partial charge in [-0.05, 0) is 58.7 Å². The summed E-state index contributed by atoms with van der Waals surface area (Å²) in [7, 11) is 0. The normalized spacial score (nSPS) is 11.9. The van der Waals surface area contributed by atoms with Crippen molar-refractivity contribution in [2.24, 2.45) is 0 Å². The van der Waals surface area contributed by atoms with Crippen LogP contribution in [0.4, 0.5) is 5.69 Å². The number of rotatable bonds is 6. The number of aliphatic hydroxyl groups is 1. The molecule has 1 unspecified atom stereocenters. The van der Waals surface area contributed by atoms with E-state index in [9.17, 15) is 5.11 Å². The number of aliphatic hydroxyl groups excluding tert-OH is 1. The summed E-state index contributed by atoms with van der Waals surface area (Å²) < 4.78 is 0. The Morgan fingerprint density at radius 2 is 1.46 bits per heavy atom. The molecular weight excluding hydrogens is 350 g/mol. The minimum absolute atomic E-state index is 0.441. The van der Waals surface area contributed by atoms with Gasteiger partial charge in [-0.2, -0.15) is 5.21 Å². The quantitative estimate of drug-likeness (QED) is 0.473. The first kappa shape index (κ1) is 17.9. The predicted octanol–water partition coefficient (Wildman–Crippen LogP) is 4.20. The molecule has 0 aliphatic carbocycles. The molecule has 140 valence electrons. The minimum Gasteiger partial charge on any atom is -0.389 e. The van der Waals surface area contributed by atoms with Gasteiger partial charge in [0.2, 0.25) is 5.82 Å². The van der Waals surface area contributed by atoms with E-state index in [1.165, 1.54) is 5.56 Å². The molecule has 0 fully saturated rings. The van der Waals surface area contributed by atoms with Crippen LogP contribution in [0.5, 0.6) is 0 Å². The Morgan fingerprint density at radius 3 is 2.04 bits per heavy atom. The zero-order valence-electron chi connectivity index (χ0n) is 15.5. The fourth-order valence-electron chi connectivity index (χ4n) is 2.99. The van der Waals surface area contributed by atoms with Crippen molar-refractivity contribution < 1.29 is 5.11 Å². The molecule has 0 spiro atoms. The number of anilines is 1. The van der Waals surface area contributed by atoms with Gasteiger partial charge >= 0.3 is 0 Å². The molecular formula is C22H21N5O. The van der Waals surface area contributed by atoms with Gasteiger partial charge in [-0.15, -0.1) is 10.2 Å². The fraction of sp³-hybridized carbons (Fsp3) is 0.136. The molecule has 0 radical (unpaired) electrons. The molecule has 0 aliphatic rings. The van der Waals surface area contributed by atoms with Gasteiger partial charge in [0.15, 0.2) is 0 Å². The molecule has 1 atom stereocenters. The highest BCUT2D eigenvalue weighted by Crippen LogP contribution is 2.23. The summed E-state index contributed by atoms with van der Waals surface area (Å²) in [6.45, 7) is 2.51. The Balaban J connectivity index is 1.38. The summed E-state index contributed by atoms with van der Waals surface area (Å²) in [5.41, 5.74) is 6.38. The van der Waals surface area contributed by atoms with Gasteiger partial charge in [0.25, 0.3) is 0 Å². The summed E-state index contributed by atoms with van der Waals surface area (Å²) in [6.07, 6.45) is -0.441. The number of hydrogen-bond donors (Lipinski definition) is 3. The Hall–Kier alpha value is -3.51. The van der Waals surface area contributed by atoms with Crippen molar-refractivity contribution in [1.82, 2.24) is 20.6 Å². The molecule has 3 aromatic carbocycles. The standard InChI is InChI=1S/C22H21N5O/c1-15(28)17-6-8-19(9-7-17)18-4-2-16(3-5-18)14-23-21-12-10-20(11-13-21)22-24-26-27-25-22/h2-13,15,23,28H,14H2,1H3,(H,24,25,26,27). The maximum Gasteiger partial charge on any atom is 0.204 e. The maximum absolute atomic E-state index is 9.62. The van der Waals surface area contributed by atoms with Crippen molar-refractivity contribution in [3.05, 3.63) is 83.9 Å². The van der Waals surface area contributed by atoms with Gasteiger partial charge in [-0.1, -0.05) is 48.5 Å². The molecule has 6 nitrogen and oxygen atoms in total. The first-order chi connectivity index (χ1) is 13.7. The van der Waals surface area contributed by atoms with E-state index in [1.807, 2.05) is 48.5 Å². The van der Waals surface area contributed by atoms with E-state index in [0.29, 0.717) is 5.82 Å². The SMILES string of the molecule is CC(O)c1ccc(-c2ccc(CNc3ccc(-c4nn[nH]n4)cc3)cc2)cc1. The number of aromatic amines is 1. The van der Waals surface area contributed by atoms with E-state index in [-0.39, 0.29) is 0 Å². The Labute approximate surface area is 163 Å². The van der Waals surface area contributed by atoms with Crippen LogP contribution in [0.25, 0.3) is 22.5 Å². The van der Waals surface area contributed by atoms with Crippen LogP contribution in [-0.4, -0.2) is 25.7 Å². The third-order valence-electron chi connectivity index (χ3n) is 4.67. The van der Waals surface area contributed by atoms with Crippen LogP contribution >= 0.6 is 0 Å². The van der Waals surface area contributed by atoms with Crippen LogP contribution in [0.1, 0.15) is 24.2 Å². The van der Waals surface area contributed by atoms with Crippen LogP contribution in [0.15, 0.2) is 72.8 Å². The van der Waals surface area contributed by atoms with E-state index in [0.717, 1.165) is 34.5 Å². The molecule has 28 heavy (non-hydrogen) atoms. The van der Waals surface area contributed by atoms with Crippen molar-refractivity contribution in [3.63, 3.8) is 0 Å². The monoisotopic (exact) mass is 371 g/mol. The van der Waals surface area contributed by atoms with Gasteiger partial charge in [-0.25, -0.2) is 0 Å². The highest BCUT2D eigenvalue weighted by Gasteiger charge is 2.04. The summed E-state index contributed by atoms with van der Waals surface area (Å²) in [6, 6.07) is 24.4. The number of H-pyrrole nitrogens is 1. The van der Waals surface area contributed by atoms with Gasteiger partial charge < -0.3 is 10.4 Å². The third kappa shape index (κ3) is 4.07. The van der Waals surface area contributed by atoms with Gasteiger partial charge in [0, 0.05) is 17.8 Å². The van der Waals surface area contributed by atoms with E-state index >= 15 is 0 Å². The summed E-state index contributed by atoms with van der Waals surface area (Å²) in [5.74, 6) is 0.587. The van der Waals surface area contributed by atoms with Crippen LogP contribution < -0.4 is 5.32 Å². The van der Waals surface area contributed by atoms with Gasteiger partial charge in [0.1, 0.15) is 0 Å². The largest absolute Gasteiger partial charge is 0.389 e. The highest BCUT2D eigenvalue weighted by atomic mass is 16.3. The zero-order chi connectivity index (χ0) is 19.3. The number of benzene rings is 3. The lowest BCUT2D eigenvalue weighted by molar-refractivity contribution is 0.199. The van der Waals surface area contributed by atoms with Crippen molar-refractivity contribution in [1.29, 1.82) is 0 Å². The van der Waals surface area contributed by atoms with Crippen molar-refractivity contribution in [3.8, 4) is 22.5 Å². The molecule has 0 amide bonds. The number of nitrogens with one attached hydrogen (secondary N) is 2. The average molecular weight is 371 g/mol. The lowest BCUT2D eigenvalue weighted by Crippen LogP contribution is -1.99. The van der Waals surface area contributed by atoms with Crippen LogP contribution in [0.2, 0.25) is 0 Å². The van der Waals surface area contributed by atoms with E-state index in [2.05, 4.69) is 50.2 Å². The number of hydrogen-bond acceptors (Lipinski definition) is 5. The van der Waals surface area contributed by atoms with Crippen LogP contribution in [-0.2, 0) is 6.54 Å². The van der Waals surface area contributed by atoms with E-state index in [4.69, 9.17) is 0 Å². The second kappa shape index (κ2) is 8.02. The molecule has 3 N–H and O–H groups in total. The summed E-state index contributed by atoms with van der Waals surface area (Å²) in [4.78, 5) is 0. The lowest BCUT2D eigenvalue weighted by atomic mass is 10.0. The number of aromatic nitrogens is 4. The number of tetrazole rings is 1. The molecule has 4 aromatic rings. The molecule has 0 saturated heterocycles. The first-order valence-electron chi connectivity index (χ1n) is 9.14. The minimum atomic E-state index is -0.441. The highest BCUT2D eigenvalue weighted by molar-refractivity contribution is 5.64. The van der Waals surface area contributed by atoms with Crippen LogP contribution in [0.3, 0.4) is 0 Å². The van der Waals surface area contributed by atoms with Crippen LogP contribution in [0, 0.1) is 0 Å². The third-order valence-corrected chi connectivity index (χ3v) is 4.67. The summed E-state index contributed by atoms with van der Waals surface area (Å²) >= 11 is 0. The van der Waals surface area contributed by atoms with Crippen molar-refractivity contribution >= 4 is 5.69 Å². The van der Waals surface area contributed by atoms with Crippen molar-refractivity contribution in [2.45, 2.75) is 19.6 Å². The number of nitrogens with zero attached hydrogens (tertiary/aromatic N) is 3. The molecule has 0 saturated carbocycles. The molecule has 1 aromatic heterocycles. The zero-order valence-corrected chi connectivity index (χ0v) is 15.5. The Kier molecular flexibility index (Phi) is 5.12. The van der Waals surface area contributed by atoms with Gasteiger partial charge in [-0.3, -0.25) is 0 Å². The molecule has 1 heterocycles. The maximum atomic E-state index is 9.62. The topological polar surface area (TPSA) is 86.7 Å². The van der Waals surface area contributed by atoms with E-state index in [1.54, 1.807) is 6.92 Å². The summed E-state index contributed by atoms with van der Waals surface area (Å²) in [5, 5.41) is 27.0. The average Bonchev–Trinajstić information content (AvgIpc) is 3.28. The lowest BCUT2D eigenvalue weighted by Gasteiger charge is -2.09. The van der Waals surface area contributed by atoms with E-state index < -0.39 is 6.10 Å². The second-order valence-corrected chi connectivity index (χ2v) is 6.66. The Morgan fingerprint density at radius 1 is 0.857 bits per heavy atom. The van der Waals surface area contributed by atoms with Crippen molar-refractivity contribution in [2.75, 3.05) is 5.32 Å². The smallest absolute Gasteiger partial charge is 0.204 e. The van der Waals surface area contributed by atoms with Gasteiger partial charge in [0.05, 0.1) is 6.10 Å².